The lowest BCUT2D eigenvalue weighted by atomic mass is 10.1. The monoisotopic (exact) mass is 234 g/mol. The van der Waals surface area contributed by atoms with Crippen molar-refractivity contribution in [3.8, 4) is 0 Å². The summed E-state index contributed by atoms with van der Waals surface area (Å²) >= 11 is 0. The zero-order chi connectivity index (χ0) is 12.1. The van der Waals surface area contributed by atoms with E-state index in [1.54, 1.807) is 0 Å². The van der Waals surface area contributed by atoms with Crippen LogP contribution in [0.5, 0.6) is 0 Å². The molecular weight excluding hydrogens is 212 g/mol. The van der Waals surface area contributed by atoms with E-state index >= 15 is 0 Å². The molecule has 2 rings (SSSR count). The summed E-state index contributed by atoms with van der Waals surface area (Å²) in [6.45, 7) is 9.55. The largest absolute Gasteiger partial charge is 0.325 e. The molecule has 0 unspecified atom stereocenters. The molecule has 17 heavy (non-hydrogen) atoms. The predicted molar refractivity (Wildman–Crippen MR) is 69.5 cm³/mol. The molecule has 1 fully saturated rings. The minimum Gasteiger partial charge on any atom is -0.325 e. The summed E-state index contributed by atoms with van der Waals surface area (Å²) in [5.74, 6) is 0. The zero-order valence-corrected chi connectivity index (χ0v) is 10.6. The minimum atomic E-state index is 0.533. The number of likely N-dealkylation sites (N-methyl/N-ethyl adjacent to an activating group) is 1. The van der Waals surface area contributed by atoms with Crippen molar-refractivity contribution in [3.05, 3.63) is 29.6 Å². The van der Waals surface area contributed by atoms with Crippen LogP contribution in [0.3, 0.4) is 0 Å². The first-order chi connectivity index (χ1) is 8.33. The van der Waals surface area contributed by atoms with Crippen LogP contribution in [0.2, 0.25) is 0 Å². The molecule has 0 aliphatic carbocycles. The van der Waals surface area contributed by atoms with Crippen molar-refractivity contribution in [1.82, 2.24) is 14.8 Å². The topological polar surface area (TPSA) is 45.4 Å². The summed E-state index contributed by atoms with van der Waals surface area (Å²) in [5, 5.41) is 0. The minimum absolute atomic E-state index is 0.533. The van der Waals surface area contributed by atoms with E-state index in [0.717, 1.165) is 31.9 Å². The van der Waals surface area contributed by atoms with E-state index in [-0.39, 0.29) is 0 Å². The number of nitrogens with two attached hydrogens (primary N) is 1. The molecule has 2 heterocycles. The van der Waals surface area contributed by atoms with Gasteiger partial charge < -0.3 is 10.6 Å². The van der Waals surface area contributed by atoms with Crippen LogP contribution < -0.4 is 5.73 Å². The van der Waals surface area contributed by atoms with Crippen LogP contribution in [-0.4, -0.2) is 47.5 Å². The Morgan fingerprint density at radius 3 is 2.59 bits per heavy atom. The van der Waals surface area contributed by atoms with Crippen LogP contribution in [0.25, 0.3) is 0 Å². The number of hydrogen-bond donors (Lipinski definition) is 1. The maximum Gasteiger partial charge on any atom is 0.0584 e. The molecule has 1 aromatic rings. The van der Waals surface area contributed by atoms with E-state index in [2.05, 4.69) is 27.8 Å². The number of piperazine rings is 1. The lowest BCUT2D eigenvalue weighted by molar-refractivity contribution is 0.131. The lowest BCUT2D eigenvalue weighted by Gasteiger charge is -2.34. The summed E-state index contributed by atoms with van der Waals surface area (Å²) in [5.41, 5.74) is 8.02. The van der Waals surface area contributed by atoms with E-state index < -0.39 is 0 Å². The highest BCUT2D eigenvalue weighted by Crippen LogP contribution is 2.10. The molecule has 0 saturated carbocycles. The van der Waals surface area contributed by atoms with E-state index in [1.807, 2.05) is 12.3 Å². The van der Waals surface area contributed by atoms with Gasteiger partial charge in [0.1, 0.15) is 0 Å². The second-order valence-electron chi connectivity index (χ2n) is 4.52. The molecule has 4 heteroatoms. The third kappa shape index (κ3) is 3.25. The van der Waals surface area contributed by atoms with Gasteiger partial charge in [0.15, 0.2) is 0 Å². The summed E-state index contributed by atoms with van der Waals surface area (Å²) in [4.78, 5) is 9.31. The molecular formula is C13H22N4. The standard InChI is InChI=1S/C13H22N4/c1-2-16-6-8-17(9-7-16)11-12-4-3-5-15-13(12)10-14/h3-5H,2,6-11,14H2,1H3. The third-order valence-electron chi connectivity index (χ3n) is 3.48. The van der Waals surface area contributed by atoms with Crippen LogP contribution >= 0.6 is 0 Å². The summed E-state index contributed by atoms with van der Waals surface area (Å²) in [7, 11) is 0. The van der Waals surface area contributed by atoms with Crippen LogP contribution in [-0.2, 0) is 13.1 Å². The van der Waals surface area contributed by atoms with Gasteiger partial charge in [-0.15, -0.1) is 0 Å². The van der Waals surface area contributed by atoms with Crippen LogP contribution in [0.1, 0.15) is 18.2 Å². The average Bonchev–Trinajstić information content (AvgIpc) is 2.40. The molecule has 0 atom stereocenters. The molecule has 2 N–H and O–H groups in total. The lowest BCUT2D eigenvalue weighted by Crippen LogP contribution is -2.45. The normalized spacial score (nSPS) is 18.5. The highest BCUT2D eigenvalue weighted by Gasteiger charge is 2.16. The van der Waals surface area contributed by atoms with Gasteiger partial charge in [-0.2, -0.15) is 0 Å². The van der Waals surface area contributed by atoms with Crippen molar-refractivity contribution >= 4 is 0 Å². The number of rotatable bonds is 4. The van der Waals surface area contributed by atoms with Crippen molar-refractivity contribution in [3.63, 3.8) is 0 Å². The van der Waals surface area contributed by atoms with Crippen molar-refractivity contribution in [2.24, 2.45) is 5.73 Å². The Bertz CT molecular complexity index is 345. The number of nitrogens with zero attached hydrogens (tertiary/aromatic N) is 3. The molecule has 94 valence electrons. The smallest absolute Gasteiger partial charge is 0.0584 e. The second kappa shape index (κ2) is 6.10. The van der Waals surface area contributed by atoms with E-state index in [1.165, 1.54) is 18.7 Å². The van der Waals surface area contributed by atoms with Crippen LogP contribution in [0.15, 0.2) is 18.3 Å². The Morgan fingerprint density at radius 1 is 1.24 bits per heavy atom. The highest BCUT2D eigenvalue weighted by atomic mass is 15.3. The first kappa shape index (κ1) is 12.5. The van der Waals surface area contributed by atoms with Crippen LogP contribution in [0.4, 0.5) is 0 Å². The van der Waals surface area contributed by atoms with Gasteiger partial charge in [-0.3, -0.25) is 9.88 Å². The van der Waals surface area contributed by atoms with E-state index in [9.17, 15) is 0 Å². The van der Waals surface area contributed by atoms with Gasteiger partial charge in [-0.1, -0.05) is 13.0 Å². The molecule has 4 nitrogen and oxygen atoms in total. The van der Waals surface area contributed by atoms with Crippen molar-refractivity contribution in [1.29, 1.82) is 0 Å². The zero-order valence-electron chi connectivity index (χ0n) is 10.6. The van der Waals surface area contributed by atoms with Crippen molar-refractivity contribution in [2.45, 2.75) is 20.0 Å². The molecule has 0 spiro atoms. The van der Waals surface area contributed by atoms with Crippen molar-refractivity contribution in [2.75, 3.05) is 32.7 Å². The number of pyridine rings is 1. The van der Waals surface area contributed by atoms with Crippen LogP contribution in [0, 0.1) is 0 Å². The van der Waals surface area contributed by atoms with Gasteiger partial charge in [-0.25, -0.2) is 0 Å². The maximum absolute atomic E-state index is 5.71. The Balaban J connectivity index is 1.93. The predicted octanol–water partition coefficient (Wildman–Crippen LogP) is 0.678. The molecule has 1 aliphatic heterocycles. The summed E-state index contributed by atoms with van der Waals surface area (Å²) in [6.07, 6.45) is 1.82. The number of aromatic nitrogens is 1. The van der Waals surface area contributed by atoms with Gasteiger partial charge in [0.05, 0.1) is 5.69 Å². The third-order valence-corrected chi connectivity index (χ3v) is 3.48. The molecule has 1 aromatic heterocycles. The van der Waals surface area contributed by atoms with Gasteiger partial charge in [0, 0.05) is 45.5 Å². The Hall–Kier alpha value is -0.970. The van der Waals surface area contributed by atoms with Gasteiger partial charge in [0.2, 0.25) is 0 Å². The number of hydrogen-bond acceptors (Lipinski definition) is 4. The van der Waals surface area contributed by atoms with Gasteiger partial charge in [0.25, 0.3) is 0 Å². The molecule has 0 amide bonds. The summed E-state index contributed by atoms with van der Waals surface area (Å²) < 4.78 is 0. The fourth-order valence-corrected chi connectivity index (χ4v) is 2.30. The average molecular weight is 234 g/mol. The Morgan fingerprint density at radius 2 is 1.94 bits per heavy atom. The van der Waals surface area contributed by atoms with Gasteiger partial charge in [-0.05, 0) is 18.2 Å². The quantitative estimate of drug-likeness (QED) is 0.832. The highest BCUT2D eigenvalue weighted by molar-refractivity contribution is 5.19. The molecule has 0 bridgehead atoms. The van der Waals surface area contributed by atoms with E-state index in [4.69, 9.17) is 5.73 Å². The molecule has 0 radical (unpaired) electrons. The fraction of sp³-hybridized carbons (Fsp3) is 0.615. The molecule has 0 aromatic carbocycles. The molecule has 1 saturated heterocycles. The van der Waals surface area contributed by atoms with E-state index in [0.29, 0.717) is 6.54 Å². The fourth-order valence-electron chi connectivity index (χ4n) is 2.30. The second-order valence-corrected chi connectivity index (χ2v) is 4.52. The molecule has 1 aliphatic rings. The first-order valence-corrected chi connectivity index (χ1v) is 6.41. The summed E-state index contributed by atoms with van der Waals surface area (Å²) in [6, 6.07) is 4.14. The Labute approximate surface area is 103 Å². The maximum atomic E-state index is 5.71. The first-order valence-electron chi connectivity index (χ1n) is 6.41. The van der Waals surface area contributed by atoms with Crippen molar-refractivity contribution < 1.29 is 0 Å². The SMILES string of the molecule is CCN1CCN(Cc2cccnc2CN)CC1. The van der Waals surface area contributed by atoms with Gasteiger partial charge >= 0.3 is 0 Å². The Kier molecular flexibility index (Phi) is 4.48.